The Morgan fingerprint density at radius 3 is 2.16 bits per heavy atom. The van der Waals surface area contributed by atoms with Gasteiger partial charge in [-0.2, -0.15) is 0 Å². The van der Waals surface area contributed by atoms with Crippen LogP contribution < -0.4 is 9.62 Å². The minimum atomic E-state index is -3.32. The van der Waals surface area contributed by atoms with Crippen molar-refractivity contribution in [2.45, 2.75) is 20.4 Å². The molecule has 0 saturated heterocycles. The number of rotatable bonds is 7. The summed E-state index contributed by atoms with van der Waals surface area (Å²) >= 11 is 5.83. The van der Waals surface area contributed by atoms with E-state index in [4.69, 9.17) is 11.6 Å². The van der Waals surface area contributed by atoms with Crippen LogP contribution in [-0.4, -0.2) is 26.6 Å². The van der Waals surface area contributed by atoms with E-state index in [1.54, 1.807) is 50.2 Å². The smallest absolute Gasteiger partial charge is 0.251 e. The largest absolute Gasteiger partial charge is 0.348 e. The highest BCUT2D eigenvalue weighted by Gasteiger charge is 2.18. The zero-order valence-corrected chi connectivity index (χ0v) is 15.8. The first-order valence-electron chi connectivity index (χ1n) is 8.00. The number of anilines is 1. The highest BCUT2D eigenvalue weighted by molar-refractivity contribution is 7.92. The molecule has 0 atom stereocenters. The molecule has 0 heterocycles. The van der Waals surface area contributed by atoms with Crippen molar-refractivity contribution in [2.24, 2.45) is 0 Å². The number of hydrogen-bond acceptors (Lipinski definition) is 3. The van der Waals surface area contributed by atoms with Gasteiger partial charge < -0.3 is 5.32 Å². The molecule has 2 rings (SSSR count). The van der Waals surface area contributed by atoms with Gasteiger partial charge in [-0.05, 0) is 55.8 Å². The van der Waals surface area contributed by atoms with Crippen molar-refractivity contribution in [1.82, 2.24) is 5.32 Å². The fraction of sp³-hybridized carbons (Fsp3) is 0.278. The maximum atomic E-state index is 12.2. The highest BCUT2D eigenvalue weighted by Crippen LogP contribution is 2.19. The van der Waals surface area contributed by atoms with Crippen LogP contribution in [0.1, 0.15) is 29.8 Å². The van der Waals surface area contributed by atoms with E-state index in [2.05, 4.69) is 5.32 Å². The van der Waals surface area contributed by atoms with Crippen LogP contribution >= 0.6 is 11.6 Å². The zero-order chi connectivity index (χ0) is 18.4. The Bertz CT molecular complexity index is 818. The summed E-state index contributed by atoms with van der Waals surface area (Å²) in [4.78, 5) is 12.2. The summed E-state index contributed by atoms with van der Waals surface area (Å²) in [6, 6.07) is 13.8. The number of benzene rings is 2. The summed E-state index contributed by atoms with van der Waals surface area (Å²) in [5.74, 6) is -0.188. The van der Waals surface area contributed by atoms with Gasteiger partial charge in [0.05, 0.1) is 11.4 Å². The quantitative estimate of drug-likeness (QED) is 0.800. The number of nitrogens with one attached hydrogen (secondary N) is 1. The second-order valence-electron chi connectivity index (χ2n) is 5.42. The van der Waals surface area contributed by atoms with Crippen molar-refractivity contribution in [2.75, 3.05) is 16.6 Å². The molecule has 2 aromatic carbocycles. The van der Waals surface area contributed by atoms with Gasteiger partial charge in [-0.25, -0.2) is 8.42 Å². The van der Waals surface area contributed by atoms with E-state index in [0.29, 0.717) is 29.4 Å². The van der Waals surface area contributed by atoms with E-state index in [9.17, 15) is 13.2 Å². The van der Waals surface area contributed by atoms with Crippen molar-refractivity contribution >= 4 is 33.2 Å². The van der Waals surface area contributed by atoms with Crippen molar-refractivity contribution in [3.05, 3.63) is 64.7 Å². The average molecular weight is 381 g/mol. The molecule has 2 aromatic rings. The Morgan fingerprint density at radius 1 is 1.04 bits per heavy atom. The third-order valence-electron chi connectivity index (χ3n) is 3.77. The third kappa shape index (κ3) is 4.96. The fourth-order valence-corrected chi connectivity index (χ4v) is 3.64. The number of sulfonamides is 1. The second kappa shape index (κ2) is 8.36. The summed E-state index contributed by atoms with van der Waals surface area (Å²) in [5.41, 5.74) is 1.97. The van der Waals surface area contributed by atoms with Crippen LogP contribution in [0.5, 0.6) is 0 Å². The molecular weight excluding hydrogens is 360 g/mol. The van der Waals surface area contributed by atoms with Gasteiger partial charge in [0.25, 0.3) is 5.91 Å². The van der Waals surface area contributed by atoms with Gasteiger partial charge in [0.2, 0.25) is 10.0 Å². The van der Waals surface area contributed by atoms with Crippen LogP contribution in [0.3, 0.4) is 0 Å². The Kier molecular flexibility index (Phi) is 6.45. The Morgan fingerprint density at radius 2 is 1.64 bits per heavy atom. The van der Waals surface area contributed by atoms with Gasteiger partial charge in [0, 0.05) is 23.7 Å². The normalized spacial score (nSPS) is 11.2. The van der Waals surface area contributed by atoms with Crippen LogP contribution in [0.25, 0.3) is 0 Å². The Balaban J connectivity index is 2.05. The first-order valence-corrected chi connectivity index (χ1v) is 9.99. The molecule has 5 nitrogen and oxygen atoms in total. The van der Waals surface area contributed by atoms with E-state index >= 15 is 0 Å². The lowest BCUT2D eigenvalue weighted by Crippen LogP contribution is -2.32. The molecule has 0 aliphatic rings. The monoisotopic (exact) mass is 380 g/mol. The lowest BCUT2D eigenvalue weighted by atomic mass is 10.1. The van der Waals surface area contributed by atoms with Crippen LogP contribution in [0.2, 0.25) is 5.02 Å². The van der Waals surface area contributed by atoms with E-state index in [1.165, 1.54) is 4.31 Å². The minimum Gasteiger partial charge on any atom is -0.348 e. The molecule has 0 fully saturated rings. The topological polar surface area (TPSA) is 66.5 Å². The molecule has 0 saturated carbocycles. The summed E-state index contributed by atoms with van der Waals surface area (Å²) in [6.07, 6.45) is 0. The van der Waals surface area contributed by atoms with Crippen LogP contribution in [0.4, 0.5) is 5.69 Å². The highest BCUT2D eigenvalue weighted by atomic mass is 35.5. The van der Waals surface area contributed by atoms with Gasteiger partial charge in [0.1, 0.15) is 0 Å². The molecule has 25 heavy (non-hydrogen) atoms. The predicted octanol–water partition coefficient (Wildman–Crippen LogP) is 3.45. The molecule has 134 valence electrons. The van der Waals surface area contributed by atoms with E-state index in [-0.39, 0.29) is 11.7 Å². The van der Waals surface area contributed by atoms with Gasteiger partial charge in [-0.3, -0.25) is 9.10 Å². The Hall–Kier alpha value is -2.05. The van der Waals surface area contributed by atoms with E-state index in [1.807, 2.05) is 12.1 Å². The number of carbonyl (C=O) groups is 1. The Labute approximate surface area is 153 Å². The first kappa shape index (κ1) is 19.3. The van der Waals surface area contributed by atoms with Crippen molar-refractivity contribution in [1.29, 1.82) is 0 Å². The standard InChI is InChI=1S/C18H21ClN2O3S/c1-3-21(25(23,24)4-2)17-11-7-15(8-12-17)18(22)20-13-14-5-9-16(19)10-6-14/h5-12H,3-4,13H2,1-2H3,(H,20,22). The lowest BCUT2D eigenvalue weighted by molar-refractivity contribution is 0.0951. The maximum absolute atomic E-state index is 12.2. The SMILES string of the molecule is CCN(c1ccc(C(=O)NCc2ccc(Cl)cc2)cc1)S(=O)(=O)CC. The maximum Gasteiger partial charge on any atom is 0.251 e. The summed E-state index contributed by atoms with van der Waals surface area (Å²) in [5, 5.41) is 3.47. The predicted molar refractivity (Wildman–Crippen MR) is 102 cm³/mol. The van der Waals surface area contributed by atoms with Crippen LogP contribution in [0.15, 0.2) is 48.5 Å². The van der Waals surface area contributed by atoms with Crippen LogP contribution in [0, 0.1) is 0 Å². The van der Waals surface area contributed by atoms with E-state index < -0.39 is 10.0 Å². The number of carbonyl (C=O) groups excluding carboxylic acids is 1. The summed E-state index contributed by atoms with van der Waals surface area (Å²) in [6.45, 7) is 4.12. The molecule has 0 aromatic heterocycles. The number of amides is 1. The molecule has 7 heteroatoms. The lowest BCUT2D eigenvalue weighted by Gasteiger charge is -2.22. The number of nitrogens with zero attached hydrogens (tertiary/aromatic N) is 1. The fourth-order valence-electron chi connectivity index (χ4n) is 2.36. The second-order valence-corrected chi connectivity index (χ2v) is 8.04. The summed E-state index contributed by atoms with van der Waals surface area (Å²) in [7, 11) is -3.32. The number of hydrogen-bond donors (Lipinski definition) is 1. The van der Waals surface area contributed by atoms with Crippen molar-refractivity contribution in [3.63, 3.8) is 0 Å². The molecule has 0 aliphatic carbocycles. The number of halogens is 1. The van der Waals surface area contributed by atoms with Gasteiger partial charge in [-0.1, -0.05) is 23.7 Å². The first-order chi connectivity index (χ1) is 11.9. The summed E-state index contributed by atoms with van der Waals surface area (Å²) < 4.78 is 25.5. The zero-order valence-electron chi connectivity index (χ0n) is 14.2. The van der Waals surface area contributed by atoms with Gasteiger partial charge in [0.15, 0.2) is 0 Å². The van der Waals surface area contributed by atoms with E-state index in [0.717, 1.165) is 5.56 Å². The molecule has 1 N–H and O–H groups in total. The third-order valence-corrected chi connectivity index (χ3v) is 5.89. The molecule has 1 amide bonds. The molecular formula is C18H21ClN2O3S. The minimum absolute atomic E-state index is 0.0319. The molecule has 0 bridgehead atoms. The van der Waals surface area contributed by atoms with Crippen molar-refractivity contribution < 1.29 is 13.2 Å². The molecule has 0 unspecified atom stereocenters. The van der Waals surface area contributed by atoms with Crippen LogP contribution in [-0.2, 0) is 16.6 Å². The molecule has 0 radical (unpaired) electrons. The molecule has 0 aliphatic heterocycles. The van der Waals surface area contributed by atoms with Crippen molar-refractivity contribution in [3.8, 4) is 0 Å². The van der Waals surface area contributed by atoms with Gasteiger partial charge >= 0.3 is 0 Å². The van der Waals surface area contributed by atoms with Gasteiger partial charge in [-0.15, -0.1) is 0 Å². The average Bonchev–Trinajstić information content (AvgIpc) is 2.62. The molecule has 0 spiro atoms.